The van der Waals surface area contributed by atoms with E-state index in [0.717, 1.165) is 31.2 Å². The van der Waals surface area contributed by atoms with Crippen LogP contribution in [0.1, 0.15) is 36.7 Å². The quantitative estimate of drug-likeness (QED) is 0.775. The average Bonchev–Trinajstić information content (AvgIpc) is 3.07. The van der Waals surface area contributed by atoms with Crippen molar-refractivity contribution in [3.05, 3.63) is 30.1 Å². The third kappa shape index (κ3) is 2.47. The number of para-hydroxylation sites is 1. The van der Waals surface area contributed by atoms with E-state index in [1.165, 1.54) is 0 Å². The van der Waals surface area contributed by atoms with Crippen molar-refractivity contribution in [2.45, 2.75) is 32.2 Å². The highest BCUT2D eigenvalue weighted by Crippen LogP contribution is 2.28. The minimum Gasteiger partial charge on any atom is -0.494 e. The van der Waals surface area contributed by atoms with E-state index in [9.17, 15) is 4.79 Å². The molecule has 25 heavy (non-hydrogen) atoms. The highest BCUT2D eigenvalue weighted by Gasteiger charge is 2.26. The van der Waals surface area contributed by atoms with Crippen LogP contribution < -0.4 is 10.5 Å². The summed E-state index contributed by atoms with van der Waals surface area (Å²) in [5.41, 5.74) is 7.76. The van der Waals surface area contributed by atoms with Crippen LogP contribution in [0.2, 0.25) is 0 Å². The van der Waals surface area contributed by atoms with Crippen LogP contribution in [0, 0.1) is 0 Å². The van der Waals surface area contributed by atoms with Crippen molar-refractivity contribution in [2.75, 3.05) is 19.4 Å². The van der Waals surface area contributed by atoms with Crippen LogP contribution in [0.3, 0.4) is 0 Å². The normalized spacial score (nSPS) is 18.0. The van der Waals surface area contributed by atoms with Crippen molar-refractivity contribution in [1.29, 1.82) is 0 Å². The second kappa shape index (κ2) is 5.91. The number of nitrogen functional groups attached to an aromatic ring is 1. The van der Waals surface area contributed by atoms with Gasteiger partial charge in [-0.05, 0) is 38.3 Å². The Morgan fingerprint density at radius 1 is 1.32 bits per heavy atom. The van der Waals surface area contributed by atoms with E-state index >= 15 is 0 Å². The van der Waals surface area contributed by atoms with Gasteiger partial charge in [0.25, 0.3) is 5.91 Å². The predicted molar refractivity (Wildman–Crippen MR) is 95.8 cm³/mol. The van der Waals surface area contributed by atoms with Gasteiger partial charge in [-0.25, -0.2) is 9.97 Å². The van der Waals surface area contributed by atoms with Crippen molar-refractivity contribution < 1.29 is 9.53 Å². The van der Waals surface area contributed by atoms with E-state index in [2.05, 4.69) is 16.9 Å². The number of fused-ring (bicyclic) bond motifs is 3. The number of carbonyl (C=O) groups excluding carboxylic acids is 1. The van der Waals surface area contributed by atoms with Gasteiger partial charge >= 0.3 is 0 Å². The van der Waals surface area contributed by atoms with Crippen LogP contribution in [0.4, 0.5) is 5.95 Å². The van der Waals surface area contributed by atoms with Crippen LogP contribution in [-0.2, 0) is 0 Å². The van der Waals surface area contributed by atoms with Crippen molar-refractivity contribution in [3.8, 4) is 5.75 Å². The number of amides is 1. The van der Waals surface area contributed by atoms with E-state index in [4.69, 9.17) is 10.5 Å². The fourth-order valence-corrected chi connectivity index (χ4v) is 3.55. The third-order valence-corrected chi connectivity index (χ3v) is 4.92. The molecule has 0 aliphatic carbocycles. The van der Waals surface area contributed by atoms with E-state index in [1.807, 2.05) is 23.1 Å². The smallest absolute Gasteiger partial charge is 0.274 e. The highest BCUT2D eigenvalue weighted by atomic mass is 16.5. The number of hydrogen-bond donors (Lipinski definition) is 1. The van der Waals surface area contributed by atoms with E-state index in [-0.39, 0.29) is 17.9 Å². The van der Waals surface area contributed by atoms with Gasteiger partial charge in [0.15, 0.2) is 0 Å². The maximum absolute atomic E-state index is 12.9. The van der Waals surface area contributed by atoms with Gasteiger partial charge < -0.3 is 15.4 Å². The largest absolute Gasteiger partial charge is 0.494 e. The molecule has 7 nitrogen and oxygen atoms in total. The lowest BCUT2D eigenvalue weighted by molar-refractivity contribution is 0.0630. The molecule has 1 amide bonds. The number of rotatable bonds is 2. The monoisotopic (exact) mass is 339 g/mol. The molecule has 130 valence electrons. The van der Waals surface area contributed by atoms with Gasteiger partial charge in [-0.15, -0.1) is 0 Å². The average molecular weight is 339 g/mol. The summed E-state index contributed by atoms with van der Waals surface area (Å²) in [7, 11) is 1.59. The summed E-state index contributed by atoms with van der Waals surface area (Å²) in [5, 5.41) is 0.805. The standard InChI is InChI=1S/C18H21N5O2/c1-11-6-3-4-9-22(11)17(24)13-10-23-16(20-13)12-7-5-8-14(25-2)15(12)21-18(23)19/h5,7-8,10-11H,3-4,6,9H2,1-2H3,(H2,19,21). The topological polar surface area (TPSA) is 85.8 Å². The first-order valence-corrected chi connectivity index (χ1v) is 8.52. The Balaban J connectivity index is 1.86. The number of methoxy groups -OCH3 is 1. The number of hydrogen-bond acceptors (Lipinski definition) is 5. The summed E-state index contributed by atoms with van der Waals surface area (Å²) >= 11 is 0. The first-order valence-electron chi connectivity index (χ1n) is 8.52. The Bertz CT molecular complexity index is 965. The zero-order valence-electron chi connectivity index (χ0n) is 14.4. The molecule has 3 heterocycles. The van der Waals surface area contributed by atoms with Crippen molar-refractivity contribution in [3.63, 3.8) is 0 Å². The molecule has 1 aliphatic heterocycles. The van der Waals surface area contributed by atoms with Gasteiger partial charge in [0.05, 0.1) is 7.11 Å². The highest BCUT2D eigenvalue weighted by molar-refractivity contribution is 5.99. The number of nitrogens with zero attached hydrogens (tertiary/aromatic N) is 4. The van der Waals surface area contributed by atoms with Crippen molar-refractivity contribution in [1.82, 2.24) is 19.3 Å². The predicted octanol–water partition coefficient (Wildman–Crippen LogP) is 2.49. The number of carbonyl (C=O) groups is 1. The lowest BCUT2D eigenvalue weighted by Crippen LogP contribution is -2.42. The maximum Gasteiger partial charge on any atom is 0.274 e. The molecule has 0 saturated carbocycles. The number of benzene rings is 1. The zero-order chi connectivity index (χ0) is 17.6. The molecule has 7 heteroatoms. The Labute approximate surface area is 145 Å². The lowest BCUT2D eigenvalue weighted by atomic mass is 10.0. The molecule has 1 saturated heterocycles. The second-order valence-electron chi connectivity index (χ2n) is 6.49. The number of imidazole rings is 1. The molecule has 0 bridgehead atoms. The minimum atomic E-state index is -0.0497. The summed E-state index contributed by atoms with van der Waals surface area (Å²) in [6.07, 6.45) is 4.91. The fraction of sp³-hybridized carbons (Fsp3) is 0.389. The van der Waals surface area contributed by atoms with Gasteiger partial charge in [-0.3, -0.25) is 9.20 Å². The Kier molecular flexibility index (Phi) is 3.71. The number of ether oxygens (including phenoxy) is 1. The minimum absolute atomic E-state index is 0.0497. The molecular weight excluding hydrogens is 318 g/mol. The van der Waals surface area contributed by atoms with Crippen molar-refractivity contribution >= 4 is 28.4 Å². The molecule has 1 unspecified atom stereocenters. The zero-order valence-corrected chi connectivity index (χ0v) is 14.4. The van der Waals surface area contributed by atoms with E-state index in [1.54, 1.807) is 17.7 Å². The molecule has 2 aromatic heterocycles. The SMILES string of the molecule is COc1cccc2c1nc(N)n1cc(C(=O)N3CCCCC3C)nc21. The Hall–Kier alpha value is -2.83. The summed E-state index contributed by atoms with van der Waals surface area (Å²) in [4.78, 5) is 23.8. The van der Waals surface area contributed by atoms with Crippen LogP contribution in [0.25, 0.3) is 16.6 Å². The summed E-state index contributed by atoms with van der Waals surface area (Å²) in [6, 6.07) is 5.85. The molecule has 2 N–H and O–H groups in total. The first kappa shape index (κ1) is 15.7. The van der Waals surface area contributed by atoms with Gasteiger partial charge in [-0.2, -0.15) is 0 Å². The van der Waals surface area contributed by atoms with Crippen LogP contribution >= 0.6 is 0 Å². The number of piperidine rings is 1. The van der Waals surface area contributed by atoms with Gasteiger partial charge in [0.1, 0.15) is 22.6 Å². The van der Waals surface area contributed by atoms with E-state index in [0.29, 0.717) is 22.6 Å². The molecule has 1 atom stereocenters. The van der Waals surface area contributed by atoms with Gasteiger partial charge in [0.2, 0.25) is 5.95 Å². The first-order chi connectivity index (χ1) is 12.1. The fourth-order valence-electron chi connectivity index (χ4n) is 3.55. The molecule has 3 aromatic rings. The number of likely N-dealkylation sites (tertiary alicyclic amines) is 1. The molecule has 1 aliphatic rings. The van der Waals surface area contributed by atoms with Crippen molar-refractivity contribution in [2.24, 2.45) is 0 Å². The molecule has 4 rings (SSSR count). The van der Waals surface area contributed by atoms with Crippen LogP contribution in [0.15, 0.2) is 24.4 Å². The molecule has 0 radical (unpaired) electrons. The summed E-state index contributed by atoms with van der Waals surface area (Å²) in [6.45, 7) is 2.86. The van der Waals surface area contributed by atoms with Gasteiger partial charge in [-0.1, -0.05) is 6.07 Å². The Morgan fingerprint density at radius 3 is 2.92 bits per heavy atom. The molecule has 1 aromatic carbocycles. The lowest BCUT2D eigenvalue weighted by Gasteiger charge is -2.32. The third-order valence-electron chi connectivity index (χ3n) is 4.92. The molecule has 0 spiro atoms. The molecular formula is C18H21N5O2. The number of anilines is 1. The Morgan fingerprint density at radius 2 is 2.16 bits per heavy atom. The summed E-state index contributed by atoms with van der Waals surface area (Å²) in [5.74, 6) is 0.865. The summed E-state index contributed by atoms with van der Waals surface area (Å²) < 4.78 is 7.03. The number of aromatic nitrogens is 3. The number of nitrogens with two attached hydrogens (primary N) is 1. The van der Waals surface area contributed by atoms with Crippen LogP contribution in [0.5, 0.6) is 5.75 Å². The molecule has 1 fully saturated rings. The maximum atomic E-state index is 12.9. The second-order valence-corrected chi connectivity index (χ2v) is 6.49. The van der Waals surface area contributed by atoms with Gasteiger partial charge in [0, 0.05) is 24.2 Å². The van der Waals surface area contributed by atoms with E-state index < -0.39 is 0 Å². The van der Waals surface area contributed by atoms with Crippen LogP contribution in [-0.4, -0.2) is 44.9 Å².